The Morgan fingerprint density at radius 2 is 2.00 bits per heavy atom. The van der Waals surface area contributed by atoms with Crippen molar-refractivity contribution < 1.29 is 9.59 Å². The van der Waals surface area contributed by atoms with E-state index in [1.165, 1.54) is 11.3 Å². The van der Waals surface area contributed by atoms with Crippen molar-refractivity contribution in [3.8, 4) is 0 Å². The number of likely N-dealkylation sites (tertiary alicyclic amines) is 1. The van der Waals surface area contributed by atoms with Crippen LogP contribution in [0.4, 0.5) is 5.82 Å². The Balaban J connectivity index is 1.72. The van der Waals surface area contributed by atoms with Crippen LogP contribution < -0.4 is 5.32 Å². The van der Waals surface area contributed by atoms with E-state index in [1.54, 1.807) is 18.3 Å². The van der Waals surface area contributed by atoms with Gasteiger partial charge in [-0.2, -0.15) is 0 Å². The van der Waals surface area contributed by atoms with Gasteiger partial charge in [0, 0.05) is 12.2 Å². The van der Waals surface area contributed by atoms with Crippen LogP contribution in [0.2, 0.25) is 5.02 Å². The van der Waals surface area contributed by atoms with E-state index in [1.807, 2.05) is 0 Å². The van der Waals surface area contributed by atoms with Crippen molar-refractivity contribution in [2.45, 2.75) is 50.6 Å². The Bertz CT molecular complexity index is 558. The van der Waals surface area contributed by atoms with Crippen molar-refractivity contribution in [3.05, 3.63) is 23.4 Å². The molecule has 1 unspecified atom stereocenters. The Kier molecular flexibility index (Phi) is 4.10. The fourth-order valence-corrected chi connectivity index (χ4v) is 3.32. The minimum absolute atomic E-state index is 0.0738. The molecule has 112 valence electrons. The molecule has 1 aromatic heterocycles. The molecule has 0 spiro atoms. The van der Waals surface area contributed by atoms with Crippen molar-refractivity contribution >= 4 is 29.2 Å². The molecule has 3 rings (SSSR count). The van der Waals surface area contributed by atoms with Crippen molar-refractivity contribution in [1.82, 2.24) is 9.88 Å². The zero-order valence-electron chi connectivity index (χ0n) is 11.7. The molecule has 2 aliphatic rings. The minimum atomic E-state index is -0.549. The van der Waals surface area contributed by atoms with Crippen LogP contribution in [-0.2, 0) is 9.59 Å². The normalized spacial score (nSPS) is 23.7. The fourth-order valence-electron chi connectivity index (χ4n) is 3.14. The van der Waals surface area contributed by atoms with Gasteiger partial charge < -0.3 is 5.32 Å². The molecule has 1 saturated heterocycles. The van der Waals surface area contributed by atoms with Crippen LogP contribution in [0.5, 0.6) is 0 Å². The molecule has 2 amide bonds. The van der Waals surface area contributed by atoms with Gasteiger partial charge in [0.15, 0.2) is 0 Å². The quantitative estimate of drug-likeness (QED) is 0.872. The number of amides is 2. The van der Waals surface area contributed by atoms with Gasteiger partial charge in [0.05, 0.1) is 11.4 Å². The van der Waals surface area contributed by atoms with Gasteiger partial charge >= 0.3 is 0 Å². The highest BCUT2D eigenvalue weighted by Gasteiger charge is 2.42. The Morgan fingerprint density at radius 1 is 1.24 bits per heavy atom. The number of imide groups is 1. The van der Waals surface area contributed by atoms with E-state index in [0.29, 0.717) is 10.8 Å². The first-order valence-electron chi connectivity index (χ1n) is 7.40. The Labute approximate surface area is 128 Å². The molecule has 1 aliphatic carbocycles. The maximum atomic E-state index is 12.5. The highest BCUT2D eigenvalue weighted by molar-refractivity contribution is 6.33. The first-order valence-corrected chi connectivity index (χ1v) is 7.77. The molecule has 0 bridgehead atoms. The van der Waals surface area contributed by atoms with Crippen LogP contribution in [0.25, 0.3) is 0 Å². The van der Waals surface area contributed by atoms with Gasteiger partial charge in [-0.1, -0.05) is 30.9 Å². The summed E-state index contributed by atoms with van der Waals surface area (Å²) in [5.74, 6) is 0.223. The second-order valence-corrected chi connectivity index (χ2v) is 6.04. The highest BCUT2D eigenvalue weighted by atomic mass is 35.5. The third-order valence-electron chi connectivity index (χ3n) is 4.19. The summed E-state index contributed by atoms with van der Waals surface area (Å²) in [5, 5.41) is 3.46. The van der Waals surface area contributed by atoms with E-state index >= 15 is 0 Å². The second kappa shape index (κ2) is 6.02. The molecular weight excluding hydrogens is 290 g/mol. The van der Waals surface area contributed by atoms with Crippen LogP contribution >= 0.6 is 11.6 Å². The van der Waals surface area contributed by atoms with Crippen LogP contribution in [0, 0.1) is 0 Å². The number of nitrogens with zero attached hydrogens (tertiary/aromatic N) is 2. The van der Waals surface area contributed by atoms with E-state index in [0.717, 1.165) is 25.7 Å². The SMILES string of the molecule is O=C1CC(Nc2ncccc2Cl)C(=O)N1C1CCCCC1. The molecule has 6 heteroatoms. The number of hydrogen-bond donors (Lipinski definition) is 1. The van der Waals surface area contributed by atoms with Crippen molar-refractivity contribution in [2.24, 2.45) is 0 Å². The molecule has 1 N–H and O–H groups in total. The van der Waals surface area contributed by atoms with E-state index in [2.05, 4.69) is 10.3 Å². The number of hydrogen-bond acceptors (Lipinski definition) is 4. The summed E-state index contributed by atoms with van der Waals surface area (Å²) in [4.78, 5) is 30.3. The molecular formula is C15H18ClN3O2. The molecule has 1 atom stereocenters. The van der Waals surface area contributed by atoms with E-state index in [9.17, 15) is 9.59 Å². The maximum Gasteiger partial charge on any atom is 0.252 e. The van der Waals surface area contributed by atoms with Gasteiger partial charge in [-0.05, 0) is 25.0 Å². The Hall–Kier alpha value is -1.62. The maximum absolute atomic E-state index is 12.5. The average molecular weight is 308 g/mol. The average Bonchev–Trinajstić information content (AvgIpc) is 2.77. The number of carbonyl (C=O) groups excluding carboxylic acids is 2. The summed E-state index contributed by atoms with van der Waals surface area (Å²) in [6.45, 7) is 0. The van der Waals surface area contributed by atoms with Crippen molar-refractivity contribution in [3.63, 3.8) is 0 Å². The molecule has 1 aliphatic heterocycles. The molecule has 2 heterocycles. The molecule has 2 fully saturated rings. The molecule has 0 aromatic carbocycles. The van der Waals surface area contributed by atoms with Gasteiger partial charge in [0.2, 0.25) is 5.91 Å². The van der Waals surface area contributed by atoms with Gasteiger partial charge in [0.25, 0.3) is 5.91 Å². The molecule has 1 aromatic rings. The lowest BCUT2D eigenvalue weighted by Crippen LogP contribution is -2.43. The summed E-state index contributed by atoms with van der Waals surface area (Å²) in [6.07, 6.45) is 7.01. The summed E-state index contributed by atoms with van der Waals surface area (Å²) in [5.41, 5.74) is 0. The first kappa shape index (κ1) is 14.3. The van der Waals surface area contributed by atoms with Crippen LogP contribution in [0.3, 0.4) is 0 Å². The topological polar surface area (TPSA) is 62.3 Å². The standard InChI is InChI=1S/C15H18ClN3O2/c16-11-7-4-8-17-14(11)18-12-9-13(20)19(15(12)21)10-5-2-1-3-6-10/h4,7-8,10,12H,1-3,5-6,9H2,(H,17,18). The number of aromatic nitrogens is 1. The number of nitrogens with one attached hydrogen (secondary N) is 1. The zero-order valence-corrected chi connectivity index (χ0v) is 12.5. The predicted octanol–water partition coefficient (Wildman–Crippen LogP) is 2.61. The van der Waals surface area contributed by atoms with Crippen LogP contribution in [0.1, 0.15) is 38.5 Å². The zero-order chi connectivity index (χ0) is 14.8. The third-order valence-corrected chi connectivity index (χ3v) is 4.50. The lowest BCUT2D eigenvalue weighted by Gasteiger charge is -2.29. The lowest BCUT2D eigenvalue weighted by molar-refractivity contribution is -0.141. The molecule has 0 radical (unpaired) electrons. The summed E-state index contributed by atoms with van der Waals surface area (Å²) in [7, 11) is 0. The first-order chi connectivity index (χ1) is 10.2. The number of anilines is 1. The highest BCUT2D eigenvalue weighted by Crippen LogP contribution is 2.29. The fraction of sp³-hybridized carbons (Fsp3) is 0.533. The minimum Gasteiger partial charge on any atom is -0.357 e. The summed E-state index contributed by atoms with van der Waals surface area (Å²) < 4.78 is 0. The van der Waals surface area contributed by atoms with Crippen LogP contribution in [0.15, 0.2) is 18.3 Å². The molecule has 1 saturated carbocycles. The number of rotatable bonds is 3. The number of carbonyl (C=O) groups is 2. The van der Waals surface area contributed by atoms with E-state index in [-0.39, 0.29) is 24.3 Å². The van der Waals surface area contributed by atoms with Crippen LogP contribution in [-0.4, -0.2) is 33.8 Å². The molecule has 5 nitrogen and oxygen atoms in total. The predicted molar refractivity (Wildman–Crippen MR) is 80.0 cm³/mol. The van der Waals surface area contributed by atoms with Crippen molar-refractivity contribution in [2.75, 3.05) is 5.32 Å². The van der Waals surface area contributed by atoms with Crippen molar-refractivity contribution in [1.29, 1.82) is 0 Å². The van der Waals surface area contributed by atoms with Gasteiger partial charge in [-0.25, -0.2) is 4.98 Å². The van der Waals surface area contributed by atoms with Gasteiger partial charge in [-0.15, -0.1) is 0 Å². The Morgan fingerprint density at radius 3 is 2.71 bits per heavy atom. The summed E-state index contributed by atoms with van der Waals surface area (Å²) in [6, 6.07) is 2.96. The van der Waals surface area contributed by atoms with Gasteiger partial charge in [0.1, 0.15) is 11.9 Å². The van der Waals surface area contributed by atoms with E-state index < -0.39 is 6.04 Å². The number of pyridine rings is 1. The largest absolute Gasteiger partial charge is 0.357 e. The number of halogens is 1. The lowest BCUT2D eigenvalue weighted by atomic mass is 9.94. The smallest absolute Gasteiger partial charge is 0.252 e. The second-order valence-electron chi connectivity index (χ2n) is 5.63. The third kappa shape index (κ3) is 2.88. The summed E-state index contributed by atoms with van der Waals surface area (Å²) >= 11 is 6.04. The van der Waals surface area contributed by atoms with Gasteiger partial charge in [-0.3, -0.25) is 14.5 Å². The monoisotopic (exact) mass is 307 g/mol. The molecule has 21 heavy (non-hydrogen) atoms. The van der Waals surface area contributed by atoms with E-state index in [4.69, 9.17) is 11.6 Å².